The summed E-state index contributed by atoms with van der Waals surface area (Å²) < 4.78 is 0. The quantitative estimate of drug-likeness (QED) is 0.939. The van der Waals surface area contributed by atoms with Crippen molar-refractivity contribution in [3.05, 3.63) is 45.3 Å². The predicted molar refractivity (Wildman–Crippen MR) is 73.5 cm³/mol. The second-order valence-electron chi connectivity index (χ2n) is 3.52. The Hall–Kier alpha value is -1.10. The van der Waals surface area contributed by atoms with Crippen LogP contribution in [0.1, 0.15) is 5.56 Å². The second kappa shape index (κ2) is 6.18. The van der Waals surface area contributed by atoms with E-state index in [1.54, 1.807) is 0 Å². The van der Waals surface area contributed by atoms with Crippen molar-refractivity contribution in [2.45, 2.75) is 6.42 Å². The zero-order valence-corrected chi connectivity index (χ0v) is 11.5. The Morgan fingerprint density at radius 3 is 2.44 bits per heavy atom. The summed E-state index contributed by atoms with van der Waals surface area (Å²) in [5.41, 5.74) is 1.16. The molecule has 0 amide bonds. The number of hydrogen-bond donors (Lipinski definition) is 1. The Kier molecular flexibility index (Phi) is 4.58. The fourth-order valence-electron chi connectivity index (χ4n) is 1.38. The van der Waals surface area contributed by atoms with E-state index in [-0.39, 0.29) is 10.4 Å². The molecule has 1 heterocycles. The lowest BCUT2D eigenvalue weighted by Crippen LogP contribution is -2.08. The summed E-state index contributed by atoms with van der Waals surface area (Å²) in [6.07, 6.45) is 0.815. The highest BCUT2D eigenvalue weighted by atomic mass is 35.5. The molecule has 7 heteroatoms. The van der Waals surface area contributed by atoms with Gasteiger partial charge in [-0.2, -0.15) is 4.98 Å². The monoisotopic (exact) mass is 302 g/mol. The fourth-order valence-corrected chi connectivity index (χ4v) is 1.78. The van der Waals surface area contributed by atoms with Crippen LogP contribution < -0.4 is 5.32 Å². The second-order valence-corrected chi connectivity index (χ2v) is 4.66. The zero-order valence-electron chi connectivity index (χ0n) is 9.20. The van der Waals surface area contributed by atoms with Crippen molar-refractivity contribution < 1.29 is 0 Å². The van der Waals surface area contributed by atoms with Crippen LogP contribution >= 0.6 is 34.8 Å². The first kappa shape index (κ1) is 13.3. The number of aromatic nitrogens is 3. The molecule has 0 aliphatic rings. The smallest absolute Gasteiger partial charge is 0.245 e. The normalized spacial score (nSPS) is 10.4. The minimum absolute atomic E-state index is 0.0633. The fraction of sp³-hybridized carbons (Fsp3) is 0.182. The SMILES string of the molecule is Clc1ccc(CCNc2nc(Cl)nnc2Cl)cc1. The van der Waals surface area contributed by atoms with E-state index in [2.05, 4.69) is 20.5 Å². The van der Waals surface area contributed by atoms with Crippen LogP contribution in [0, 0.1) is 0 Å². The Morgan fingerprint density at radius 2 is 1.72 bits per heavy atom. The largest absolute Gasteiger partial charge is 0.367 e. The average molecular weight is 304 g/mol. The molecule has 0 saturated carbocycles. The molecule has 0 unspecified atom stereocenters. The first-order valence-corrected chi connectivity index (χ1v) is 6.32. The Labute approximate surface area is 119 Å². The van der Waals surface area contributed by atoms with Gasteiger partial charge in [0.05, 0.1) is 0 Å². The van der Waals surface area contributed by atoms with Crippen molar-refractivity contribution in [2.24, 2.45) is 0 Å². The number of rotatable bonds is 4. The van der Waals surface area contributed by atoms with Gasteiger partial charge >= 0.3 is 0 Å². The molecule has 0 aliphatic carbocycles. The number of anilines is 1. The zero-order chi connectivity index (χ0) is 13.0. The van der Waals surface area contributed by atoms with Gasteiger partial charge in [-0.1, -0.05) is 35.3 Å². The first-order valence-electron chi connectivity index (χ1n) is 5.19. The third-order valence-electron chi connectivity index (χ3n) is 2.24. The Bertz CT molecular complexity index is 530. The molecule has 18 heavy (non-hydrogen) atoms. The molecular weight excluding hydrogens is 295 g/mol. The summed E-state index contributed by atoms with van der Waals surface area (Å²) in [4.78, 5) is 3.95. The van der Waals surface area contributed by atoms with Gasteiger partial charge in [0.2, 0.25) is 5.28 Å². The molecule has 0 aliphatic heterocycles. The Balaban J connectivity index is 1.92. The van der Waals surface area contributed by atoms with Crippen molar-refractivity contribution in [3.8, 4) is 0 Å². The molecular formula is C11H9Cl3N4. The summed E-state index contributed by atoms with van der Waals surface area (Å²) in [5.74, 6) is 0.436. The third kappa shape index (κ3) is 3.70. The molecule has 0 spiro atoms. The number of halogens is 3. The Morgan fingerprint density at radius 1 is 1.00 bits per heavy atom. The summed E-state index contributed by atoms with van der Waals surface area (Å²) in [6.45, 7) is 0.663. The molecule has 4 nitrogen and oxygen atoms in total. The van der Waals surface area contributed by atoms with Gasteiger partial charge in [-0.05, 0) is 35.7 Å². The molecule has 0 fully saturated rings. The van der Waals surface area contributed by atoms with Crippen LogP contribution in [0.4, 0.5) is 5.82 Å². The molecule has 0 radical (unpaired) electrons. The van der Waals surface area contributed by atoms with Crippen LogP contribution in [0.2, 0.25) is 15.5 Å². The van der Waals surface area contributed by atoms with Crippen molar-refractivity contribution in [2.75, 3.05) is 11.9 Å². The summed E-state index contributed by atoms with van der Waals surface area (Å²) in [7, 11) is 0. The van der Waals surface area contributed by atoms with E-state index in [0.29, 0.717) is 12.4 Å². The highest BCUT2D eigenvalue weighted by molar-refractivity contribution is 6.32. The summed E-state index contributed by atoms with van der Waals surface area (Å²) in [6, 6.07) is 7.65. The van der Waals surface area contributed by atoms with Gasteiger partial charge in [0.15, 0.2) is 11.0 Å². The lowest BCUT2D eigenvalue weighted by molar-refractivity contribution is 0.944. The van der Waals surface area contributed by atoms with Crippen LogP contribution in [0.5, 0.6) is 0 Å². The van der Waals surface area contributed by atoms with E-state index < -0.39 is 0 Å². The number of nitrogens with one attached hydrogen (secondary N) is 1. The van der Waals surface area contributed by atoms with Crippen molar-refractivity contribution in [3.63, 3.8) is 0 Å². The van der Waals surface area contributed by atoms with E-state index in [1.165, 1.54) is 0 Å². The molecule has 0 saturated heterocycles. The van der Waals surface area contributed by atoms with E-state index in [4.69, 9.17) is 34.8 Å². The van der Waals surface area contributed by atoms with E-state index >= 15 is 0 Å². The minimum Gasteiger partial charge on any atom is -0.367 e. The highest BCUT2D eigenvalue weighted by Gasteiger charge is 2.05. The van der Waals surface area contributed by atoms with E-state index in [9.17, 15) is 0 Å². The van der Waals surface area contributed by atoms with Crippen molar-refractivity contribution in [1.29, 1.82) is 0 Å². The minimum atomic E-state index is 0.0633. The molecule has 1 aromatic heterocycles. The molecule has 2 rings (SSSR count). The maximum atomic E-state index is 5.82. The number of hydrogen-bond acceptors (Lipinski definition) is 4. The average Bonchev–Trinajstić information content (AvgIpc) is 2.36. The van der Waals surface area contributed by atoms with Crippen LogP contribution in [-0.2, 0) is 6.42 Å². The van der Waals surface area contributed by atoms with E-state index in [0.717, 1.165) is 17.0 Å². The number of benzene rings is 1. The highest BCUT2D eigenvalue weighted by Crippen LogP contribution is 2.16. The van der Waals surface area contributed by atoms with Gasteiger partial charge in [0, 0.05) is 11.6 Å². The van der Waals surface area contributed by atoms with Crippen molar-refractivity contribution >= 4 is 40.6 Å². The van der Waals surface area contributed by atoms with Gasteiger partial charge < -0.3 is 5.32 Å². The van der Waals surface area contributed by atoms with Gasteiger partial charge in [-0.25, -0.2) is 0 Å². The van der Waals surface area contributed by atoms with Gasteiger partial charge in [-0.3, -0.25) is 0 Å². The summed E-state index contributed by atoms with van der Waals surface area (Å²) >= 11 is 17.3. The van der Waals surface area contributed by atoms with E-state index in [1.807, 2.05) is 24.3 Å². The lowest BCUT2D eigenvalue weighted by atomic mass is 10.1. The molecule has 0 bridgehead atoms. The topological polar surface area (TPSA) is 50.7 Å². The van der Waals surface area contributed by atoms with Crippen molar-refractivity contribution in [1.82, 2.24) is 15.2 Å². The third-order valence-corrected chi connectivity index (χ3v) is 2.91. The first-order chi connectivity index (χ1) is 8.65. The maximum absolute atomic E-state index is 5.82. The molecule has 2 aromatic rings. The van der Waals surface area contributed by atoms with Crippen LogP contribution in [0.15, 0.2) is 24.3 Å². The molecule has 0 atom stereocenters. The standard InChI is InChI=1S/C11H9Cl3N4/c12-8-3-1-7(2-4-8)5-6-15-10-9(13)17-18-11(14)16-10/h1-4H,5-6H2,(H,15,16,18). The summed E-state index contributed by atoms with van der Waals surface area (Å²) in [5, 5.41) is 11.2. The predicted octanol–water partition coefficient (Wildman–Crippen LogP) is 3.49. The van der Waals surface area contributed by atoms with Crippen LogP contribution in [-0.4, -0.2) is 21.7 Å². The lowest BCUT2D eigenvalue weighted by Gasteiger charge is -2.06. The number of nitrogens with zero attached hydrogens (tertiary/aromatic N) is 3. The van der Waals surface area contributed by atoms with Gasteiger partial charge in [-0.15, -0.1) is 10.2 Å². The van der Waals surface area contributed by atoms with Crippen LogP contribution in [0.25, 0.3) is 0 Å². The molecule has 1 aromatic carbocycles. The molecule has 94 valence electrons. The maximum Gasteiger partial charge on any atom is 0.245 e. The van der Waals surface area contributed by atoms with Gasteiger partial charge in [0.1, 0.15) is 0 Å². The van der Waals surface area contributed by atoms with Crippen LogP contribution in [0.3, 0.4) is 0 Å². The van der Waals surface area contributed by atoms with Gasteiger partial charge in [0.25, 0.3) is 0 Å². The molecule has 1 N–H and O–H groups in total.